The van der Waals surface area contributed by atoms with Crippen molar-refractivity contribution < 1.29 is 9.90 Å². The van der Waals surface area contributed by atoms with Crippen LogP contribution in [-0.2, 0) is 0 Å². The van der Waals surface area contributed by atoms with Crippen molar-refractivity contribution in [1.82, 2.24) is 0 Å². The Balaban J connectivity index is 0. The third-order valence-corrected chi connectivity index (χ3v) is 1.93. The van der Waals surface area contributed by atoms with E-state index in [0.717, 1.165) is 12.0 Å². The number of ketones is 1. The molecule has 0 aliphatic carbocycles. The van der Waals surface area contributed by atoms with Crippen LogP contribution in [0.2, 0.25) is 0 Å². The van der Waals surface area contributed by atoms with Crippen molar-refractivity contribution in [3.8, 4) is 5.75 Å². The van der Waals surface area contributed by atoms with Crippen LogP contribution in [0.25, 0.3) is 0 Å². The van der Waals surface area contributed by atoms with E-state index < -0.39 is 0 Å². The summed E-state index contributed by atoms with van der Waals surface area (Å²) in [5.41, 5.74) is 1.40. The lowest BCUT2D eigenvalue weighted by molar-refractivity contribution is 0.0979. The molecule has 2 nitrogen and oxygen atoms in total. The fraction of sp³-hybridized carbons (Fsp3) is 0.533. The second kappa shape index (κ2) is 11.2. The second-order valence-corrected chi connectivity index (χ2v) is 3.19. The zero-order valence-electron chi connectivity index (χ0n) is 12.0. The Bertz CT molecular complexity index is 317. The summed E-state index contributed by atoms with van der Waals surface area (Å²) >= 11 is 0. The van der Waals surface area contributed by atoms with Gasteiger partial charge in [-0.3, -0.25) is 4.79 Å². The van der Waals surface area contributed by atoms with Gasteiger partial charge in [0.25, 0.3) is 0 Å². The third kappa shape index (κ3) is 6.77. The van der Waals surface area contributed by atoms with Crippen molar-refractivity contribution in [3.63, 3.8) is 0 Å². The van der Waals surface area contributed by atoms with Gasteiger partial charge in [0.2, 0.25) is 0 Å². The zero-order valence-corrected chi connectivity index (χ0v) is 12.0. The van der Waals surface area contributed by atoms with Gasteiger partial charge in [-0.25, -0.2) is 0 Å². The van der Waals surface area contributed by atoms with Gasteiger partial charge in [0.1, 0.15) is 5.75 Å². The molecule has 98 valence electrons. The summed E-state index contributed by atoms with van der Waals surface area (Å²) in [5.74, 6) is 0.110. The molecular weight excluding hydrogens is 212 g/mol. The van der Waals surface area contributed by atoms with E-state index in [2.05, 4.69) is 0 Å². The number of rotatable bonds is 3. The number of benzene rings is 1. The van der Waals surface area contributed by atoms with E-state index in [9.17, 15) is 9.90 Å². The van der Waals surface area contributed by atoms with E-state index in [0.29, 0.717) is 12.0 Å². The predicted molar refractivity (Wildman–Crippen MR) is 74.8 cm³/mol. The number of hydrogen-bond donors (Lipinski definition) is 1. The van der Waals surface area contributed by atoms with Gasteiger partial charge in [0, 0.05) is 6.42 Å². The van der Waals surface area contributed by atoms with E-state index in [4.69, 9.17) is 0 Å². The minimum atomic E-state index is 0.0139. The van der Waals surface area contributed by atoms with Crippen LogP contribution in [0.15, 0.2) is 18.2 Å². The first-order valence-electron chi connectivity index (χ1n) is 6.48. The van der Waals surface area contributed by atoms with Crippen LogP contribution in [0.4, 0.5) is 0 Å². The SMILES string of the molecule is CC.CC.CCCC(=O)c1ccc(C)cc1O. The maximum absolute atomic E-state index is 11.4. The van der Waals surface area contributed by atoms with E-state index in [-0.39, 0.29) is 11.5 Å². The number of aryl methyl sites for hydroxylation is 1. The number of hydrogen-bond acceptors (Lipinski definition) is 2. The van der Waals surface area contributed by atoms with Crippen molar-refractivity contribution in [2.75, 3.05) is 0 Å². The average molecular weight is 238 g/mol. The molecule has 0 bridgehead atoms. The lowest BCUT2D eigenvalue weighted by Crippen LogP contribution is -1.98. The highest BCUT2D eigenvalue weighted by atomic mass is 16.3. The molecule has 0 unspecified atom stereocenters. The Kier molecular flexibility index (Phi) is 11.9. The molecule has 2 heteroatoms. The van der Waals surface area contributed by atoms with Crippen molar-refractivity contribution >= 4 is 5.78 Å². The summed E-state index contributed by atoms with van der Waals surface area (Å²) in [6.07, 6.45) is 1.31. The van der Waals surface area contributed by atoms with Crippen LogP contribution >= 0.6 is 0 Å². The smallest absolute Gasteiger partial charge is 0.166 e. The largest absolute Gasteiger partial charge is 0.507 e. The van der Waals surface area contributed by atoms with Gasteiger partial charge in [0.15, 0.2) is 5.78 Å². The van der Waals surface area contributed by atoms with Gasteiger partial charge in [0.05, 0.1) is 5.56 Å². The normalized spacial score (nSPS) is 8.35. The van der Waals surface area contributed by atoms with E-state index in [1.807, 2.05) is 47.6 Å². The van der Waals surface area contributed by atoms with Crippen LogP contribution in [0.5, 0.6) is 5.75 Å². The van der Waals surface area contributed by atoms with E-state index in [1.165, 1.54) is 0 Å². The predicted octanol–water partition coefficient (Wildman–Crippen LogP) is 4.74. The Morgan fingerprint density at radius 2 is 1.71 bits per heavy atom. The van der Waals surface area contributed by atoms with E-state index in [1.54, 1.807) is 12.1 Å². The Labute approximate surface area is 106 Å². The third-order valence-electron chi connectivity index (χ3n) is 1.93. The van der Waals surface area contributed by atoms with Gasteiger partial charge in [-0.1, -0.05) is 40.7 Å². The maximum atomic E-state index is 11.4. The summed E-state index contributed by atoms with van der Waals surface area (Å²) in [5, 5.41) is 9.47. The minimum Gasteiger partial charge on any atom is -0.507 e. The number of carbonyl (C=O) groups excluding carboxylic acids is 1. The first kappa shape index (κ1) is 18.1. The molecule has 0 heterocycles. The highest BCUT2D eigenvalue weighted by Crippen LogP contribution is 2.20. The molecule has 0 atom stereocenters. The number of phenolic OH excluding ortho intramolecular Hbond substituents is 1. The van der Waals surface area contributed by atoms with Crippen LogP contribution in [0, 0.1) is 6.92 Å². The van der Waals surface area contributed by atoms with Crippen LogP contribution in [-0.4, -0.2) is 10.9 Å². The molecule has 0 aromatic heterocycles. The summed E-state index contributed by atoms with van der Waals surface area (Å²) in [6, 6.07) is 5.13. The van der Waals surface area contributed by atoms with Crippen LogP contribution < -0.4 is 0 Å². The monoisotopic (exact) mass is 238 g/mol. The molecule has 1 aromatic rings. The van der Waals surface area contributed by atoms with Crippen molar-refractivity contribution in [2.24, 2.45) is 0 Å². The Hall–Kier alpha value is -1.31. The van der Waals surface area contributed by atoms with Crippen LogP contribution in [0.3, 0.4) is 0 Å². The minimum absolute atomic E-state index is 0.0139. The fourth-order valence-electron chi connectivity index (χ4n) is 1.24. The second-order valence-electron chi connectivity index (χ2n) is 3.19. The van der Waals surface area contributed by atoms with Gasteiger partial charge < -0.3 is 5.11 Å². The van der Waals surface area contributed by atoms with Crippen molar-refractivity contribution in [3.05, 3.63) is 29.3 Å². The lowest BCUT2D eigenvalue weighted by atomic mass is 10.0. The molecule has 0 saturated heterocycles. The highest BCUT2D eigenvalue weighted by Gasteiger charge is 2.09. The molecule has 0 amide bonds. The van der Waals surface area contributed by atoms with Crippen molar-refractivity contribution in [1.29, 1.82) is 0 Å². The maximum Gasteiger partial charge on any atom is 0.166 e. The number of Topliss-reactive ketones (excluding diaryl/α,β-unsaturated/α-hetero) is 1. The molecule has 0 aliphatic heterocycles. The first-order chi connectivity index (χ1) is 8.15. The number of aromatic hydroxyl groups is 1. The van der Waals surface area contributed by atoms with E-state index >= 15 is 0 Å². The molecule has 1 rings (SSSR count). The molecule has 0 saturated carbocycles. The summed E-state index contributed by atoms with van der Waals surface area (Å²) in [6.45, 7) is 11.8. The summed E-state index contributed by atoms with van der Waals surface area (Å²) in [4.78, 5) is 11.4. The van der Waals surface area contributed by atoms with Gasteiger partial charge in [-0.2, -0.15) is 0 Å². The fourth-order valence-corrected chi connectivity index (χ4v) is 1.24. The first-order valence-corrected chi connectivity index (χ1v) is 6.48. The standard InChI is InChI=1S/C11H14O2.2C2H6/c1-3-4-10(12)9-6-5-8(2)7-11(9)13;2*1-2/h5-7,13H,3-4H2,1-2H3;2*1-2H3. The van der Waals surface area contributed by atoms with Crippen LogP contribution in [0.1, 0.15) is 63.4 Å². The number of carbonyl (C=O) groups is 1. The molecule has 0 fully saturated rings. The zero-order chi connectivity index (χ0) is 13.8. The van der Waals surface area contributed by atoms with Gasteiger partial charge >= 0.3 is 0 Å². The quantitative estimate of drug-likeness (QED) is 0.772. The summed E-state index contributed by atoms with van der Waals surface area (Å²) in [7, 11) is 0. The molecule has 17 heavy (non-hydrogen) atoms. The lowest BCUT2D eigenvalue weighted by Gasteiger charge is -2.03. The Morgan fingerprint density at radius 1 is 1.18 bits per heavy atom. The molecule has 0 spiro atoms. The van der Waals surface area contributed by atoms with Crippen molar-refractivity contribution in [2.45, 2.75) is 54.4 Å². The van der Waals surface area contributed by atoms with Gasteiger partial charge in [-0.15, -0.1) is 0 Å². The summed E-state index contributed by atoms with van der Waals surface area (Å²) < 4.78 is 0. The molecule has 1 aromatic carbocycles. The topological polar surface area (TPSA) is 37.3 Å². The molecule has 0 radical (unpaired) electrons. The average Bonchev–Trinajstić information content (AvgIpc) is 2.34. The molecule has 0 aliphatic rings. The molecule has 1 N–H and O–H groups in total. The van der Waals surface area contributed by atoms with Gasteiger partial charge in [-0.05, 0) is 31.0 Å². The highest BCUT2D eigenvalue weighted by molar-refractivity contribution is 5.98. The molecular formula is C15H26O2. The number of phenols is 1. The Morgan fingerprint density at radius 3 is 2.12 bits per heavy atom.